The monoisotopic (exact) mass is 358 g/mol. The topological polar surface area (TPSA) is 66.1 Å². The molecule has 0 radical (unpaired) electrons. The Hall–Kier alpha value is -2.54. The summed E-state index contributed by atoms with van der Waals surface area (Å²) in [6.07, 6.45) is 3.78. The van der Waals surface area contributed by atoms with Crippen molar-refractivity contribution in [3.63, 3.8) is 0 Å². The second-order valence-corrected chi connectivity index (χ2v) is 6.84. The third-order valence-corrected chi connectivity index (χ3v) is 5.05. The van der Waals surface area contributed by atoms with E-state index in [1.807, 2.05) is 0 Å². The summed E-state index contributed by atoms with van der Waals surface area (Å²) in [6.45, 7) is 0. The number of carbonyl (C=O) groups is 1. The highest BCUT2D eigenvalue weighted by Crippen LogP contribution is 2.27. The molecular weight excluding hydrogens is 343 g/mol. The van der Waals surface area contributed by atoms with Crippen molar-refractivity contribution in [1.82, 2.24) is 4.98 Å². The van der Waals surface area contributed by atoms with Crippen LogP contribution in [-0.4, -0.2) is 16.9 Å². The Labute approximate surface area is 147 Å². The number of benzene rings is 1. The fourth-order valence-corrected chi connectivity index (χ4v) is 3.73. The minimum absolute atomic E-state index is 0.0114. The highest BCUT2D eigenvalue weighted by molar-refractivity contribution is 7.08. The van der Waals surface area contributed by atoms with Crippen molar-refractivity contribution in [2.45, 2.75) is 31.8 Å². The van der Waals surface area contributed by atoms with E-state index in [9.17, 15) is 14.4 Å². The van der Waals surface area contributed by atoms with Gasteiger partial charge in [-0.1, -0.05) is 0 Å². The maximum atomic E-state index is 13.6. The Morgan fingerprint density at radius 3 is 2.84 bits per heavy atom. The van der Waals surface area contributed by atoms with Gasteiger partial charge in [-0.3, -0.25) is 4.79 Å². The summed E-state index contributed by atoms with van der Waals surface area (Å²) in [5, 5.41) is 16.2. The van der Waals surface area contributed by atoms with E-state index in [2.05, 4.69) is 4.98 Å². The Kier molecular flexibility index (Phi) is 4.09. The molecule has 0 aliphatic heterocycles. The molecule has 25 heavy (non-hydrogen) atoms. The molecule has 0 N–H and O–H groups in total. The lowest BCUT2D eigenvalue weighted by atomic mass is 10.1. The van der Waals surface area contributed by atoms with E-state index >= 15 is 0 Å². The van der Waals surface area contributed by atoms with Crippen LogP contribution in [0.5, 0.6) is 5.88 Å². The molecule has 0 unspecified atom stereocenters. The second-order valence-electron chi connectivity index (χ2n) is 6.06. The van der Waals surface area contributed by atoms with Crippen molar-refractivity contribution in [2.24, 2.45) is 0 Å². The van der Waals surface area contributed by atoms with E-state index in [1.54, 1.807) is 16.8 Å². The van der Waals surface area contributed by atoms with Gasteiger partial charge in [-0.05, 0) is 49.3 Å². The molecule has 0 atom stereocenters. The van der Waals surface area contributed by atoms with Crippen LogP contribution in [0.25, 0.3) is 11.0 Å². The van der Waals surface area contributed by atoms with Crippen molar-refractivity contribution >= 4 is 28.2 Å². The average molecular weight is 358 g/mol. The average Bonchev–Trinajstić information content (AvgIpc) is 3.29. The lowest BCUT2D eigenvalue weighted by Gasteiger charge is -2.15. The molecule has 128 valence electrons. The van der Waals surface area contributed by atoms with E-state index in [1.165, 1.54) is 23.5 Å². The van der Waals surface area contributed by atoms with Gasteiger partial charge in [-0.2, -0.15) is 16.1 Å². The van der Waals surface area contributed by atoms with Crippen LogP contribution in [0.2, 0.25) is 0 Å². The quantitative estimate of drug-likeness (QED) is 0.406. The van der Waals surface area contributed by atoms with Crippen LogP contribution in [0.3, 0.4) is 0 Å². The van der Waals surface area contributed by atoms with Crippen LogP contribution in [0.1, 0.15) is 41.7 Å². The van der Waals surface area contributed by atoms with E-state index in [-0.39, 0.29) is 23.2 Å². The molecule has 0 saturated heterocycles. The van der Waals surface area contributed by atoms with Crippen molar-refractivity contribution < 1.29 is 18.7 Å². The molecule has 1 aromatic carbocycles. The van der Waals surface area contributed by atoms with Crippen molar-refractivity contribution in [3.05, 3.63) is 57.3 Å². The standard InChI is InChI=1S/C18H15FN2O3S/c19-12-5-6-14-15(9-12)21(23)16(17(22)11-7-8-25-10-11)18(20-14)24-13-3-1-2-4-13/h5-10,13H,1-4H2. The van der Waals surface area contributed by atoms with Gasteiger partial charge in [0.15, 0.2) is 0 Å². The maximum absolute atomic E-state index is 13.6. The summed E-state index contributed by atoms with van der Waals surface area (Å²) in [7, 11) is 0. The molecule has 1 aliphatic rings. The molecule has 1 aliphatic carbocycles. The first-order valence-corrected chi connectivity index (χ1v) is 9.04. The summed E-state index contributed by atoms with van der Waals surface area (Å²) < 4.78 is 19.9. The normalized spacial score (nSPS) is 14.9. The first-order valence-electron chi connectivity index (χ1n) is 8.10. The van der Waals surface area contributed by atoms with Gasteiger partial charge in [-0.25, -0.2) is 9.37 Å². The number of rotatable bonds is 4. The maximum Gasteiger partial charge on any atom is 0.328 e. The third-order valence-electron chi connectivity index (χ3n) is 4.36. The molecule has 3 aromatic rings. The summed E-state index contributed by atoms with van der Waals surface area (Å²) in [5.74, 6) is -1.00. The zero-order chi connectivity index (χ0) is 17.4. The third kappa shape index (κ3) is 2.95. The molecule has 0 amide bonds. The number of hydrogen-bond acceptors (Lipinski definition) is 5. The zero-order valence-corrected chi connectivity index (χ0v) is 14.1. The van der Waals surface area contributed by atoms with Crippen molar-refractivity contribution in [3.8, 4) is 5.88 Å². The van der Waals surface area contributed by atoms with E-state index in [0.717, 1.165) is 31.7 Å². The number of halogens is 1. The number of nitrogens with zero attached hydrogens (tertiary/aromatic N) is 2. The van der Waals surface area contributed by atoms with Crippen molar-refractivity contribution in [2.75, 3.05) is 0 Å². The van der Waals surface area contributed by atoms with Crippen LogP contribution < -0.4 is 9.47 Å². The summed E-state index contributed by atoms with van der Waals surface area (Å²) >= 11 is 1.36. The number of carbonyl (C=O) groups excluding carboxylic acids is 1. The molecule has 0 spiro atoms. The molecule has 2 aromatic heterocycles. The Morgan fingerprint density at radius 1 is 1.32 bits per heavy atom. The Balaban J connectivity index is 1.89. The summed E-state index contributed by atoms with van der Waals surface area (Å²) in [6, 6.07) is 5.37. The Morgan fingerprint density at radius 2 is 2.12 bits per heavy atom. The summed E-state index contributed by atoms with van der Waals surface area (Å²) in [5.41, 5.74) is 0.510. The van der Waals surface area contributed by atoms with E-state index in [4.69, 9.17) is 4.74 Å². The van der Waals surface area contributed by atoms with Gasteiger partial charge in [0.2, 0.25) is 5.52 Å². The fraction of sp³-hybridized carbons (Fsp3) is 0.278. The van der Waals surface area contributed by atoms with Crippen LogP contribution >= 0.6 is 11.3 Å². The molecule has 4 rings (SSSR count). The minimum Gasteiger partial charge on any atom is -0.618 e. The number of thiophene rings is 1. The predicted molar refractivity (Wildman–Crippen MR) is 91.3 cm³/mol. The van der Waals surface area contributed by atoms with Gasteiger partial charge in [0, 0.05) is 17.0 Å². The summed E-state index contributed by atoms with van der Waals surface area (Å²) in [4.78, 5) is 17.2. The van der Waals surface area contributed by atoms with E-state index in [0.29, 0.717) is 15.8 Å². The number of ether oxygens (including phenoxy) is 1. The zero-order valence-electron chi connectivity index (χ0n) is 13.3. The van der Waals surface area contributed by atoms with Gasteiger partial charge < -0.3 is 9.94 Å². The van der Waals surface area contributed by atoms with Crippen molar-refractivity contribution in [1.29, 1.82) is 0 Å². The number of hydrogen-bond donors (Lipinski definition) is 0. The largest absolute Gasteiger partial charge is 0.618 e. The SMILES string of the molecule is O=C(c1ccsc1)c1c(OC2CCCC2)nc2ccc(F)cc2[n+]1[O-]. The Bertz CT molecular complexity index is 937. The lowest BCUT2D eigenvalue weighted by molar-refractivity contribution is -0.580. The first kappa shape index (κ1) is 16.0. The van der Waals surface area contributed by atoms with Crippen LogP contribution in [0, 0.1) is 11.0 Å². The van der Waals surface area contributed by atoms with E-state index < -0.39 is 11.6 Å². The molecule has 2 heterocycles. The number of aromatic nitrogens is 2. The molecule has 0 bridgehead atoms. The van der Waals surface area contributed by atoms with Crippen LogP contribution in [0.15, 0.2) is 35.0 Å². The lowest BCUT2D eigenvalue weighted by Crippen LogP contribution is -2.37. The highest BCUT2D eigenvalue weighted by atomic mass is 32.1. The van der Waals surface area contributed by atoms with Gasteiger partial charge in [0.05, 0.1) is 0 Å². The van der Waals surface area contributed by atoms with Gasteiger partial charge in [0.1, 0.15) is 17.4 Å². The first-order chi connectivity index (χ1) is 12.1. The van der Waals surface area contributed by atoms with Gasteiger partial charge in [0.25, 0.3) is 11.7 Å². The van der Waals surface area contributed by atoms with Gasteiger partial charge >= 0.3 is 5.69 Å². The van der Waals surface area contributed by atoms with Crippen LogP contribution in [-0.2, 0) is 0 Å². The smallest absolute Gasteiger partial charge is 0.328 e. The fourth-order valence-electron chi connectivity index (χ4n) is 3.09. The molecule has 1 saturated carbocycles. The second kappa shape index (κ2) is 6.40. The molecular formula is C18H15FN2O3S. The molecule has 5 nitrogen and oxygen atoms in total. The van der Waals surface area contributed by atoms with Gasteiger partial charge in [-0.15, -0.1) is 0 Å². The molecule has 7 heteroatoms. The number of ketones is 1. The van der Waals surface area contributed by atoms with Crippen LogP contribution in [0.4, 0.5) is 4.39 Å². The molecule has 1 fully saturated rings. The minimum atomic E-state index is -0.558. The predicted octanol–water partition coefficient (Wildman–Crippen LogP) is 3.62. The number of fused-ring (bicyclic) bond motifs is 1. The highest BCUT2D eigenvalue weighted by Gasteiger charge is 2.31.